The number of hydrogen-bond donors (Lipinski definition) is 2. The molecule has 0 fully saturated rings. The van der Waals surface area contributed by atoms with Crippen molar-refractivity contribution in [2.45, 2.75) is 39.2 Å². The number of carboxylic acid groups (broad SMARTS) is 1. The molecule has 1 aromatic rings. The first-order valence-corrected chi connectivity index (χ1v) is 6.10. The van der Waals surface area contributed by atoms with Gasteiger partial charge in [-0.3, -0.25) is 0 Å². The van der Waals surface area contributed by atoms with E-state index in [2.05, 4.69) is 5.32 Å². The Kier molecular flexibility index (Phi) is 4.40. The third-order valence-electron chi connectivity index (χ3n) is 3.17. The van der Waals surface area contributed by atoms with Crippen LogP contribution in [0.1, 0.15) is 32.3 Å². The zero-order valence-electron chi connectivity index (χ0n) is 10.4. The largest absolute Gasteiger partial charge is 0.480 e. The summed E-state index contributed by atoms with van der Waals surface area (Å²) in [5.41, 5.74) is 0.802. The molecule has 0 amide bonds. The second kappa shape index (κ2) is 5.41. The highest BCUT2D eigenvalue weighted by Gasteiger charge is 2.34. The third-order valence-corrected chi connectivity index (χ3v) is 3.58. The summed E-state index contributed by atoms with van der Waals surface area (Å²) in [5.74, 6) is -0.834. The fourth-order valence-electron chi connectivity index (χ4n) is 1.73. The first kappa shape index (κ1) is 13.8. The molecule has 0 spiro atoms. The van der Waals surface area contributed by atoms with E-state index in [0.29, 0.717) is 17.9 Å². The van der Waals surface area contributed by atoms with Crippen molar-refractivity contribution < 1.29 is 9.90 Å². The minimum Gasteiger partial charge on any atom is -0.480 e. The molecular formula is C13H18ClNO2. The van der Waals surface area contributed by atoms with E-state index < -0.39 is 11.5 Å². The van der Waals surface area contributed by atoms with Crippen LogP contribution in [0, 0.1) is 6.92 Å². The van der Waals surface area contributed by atoms with Crippen LogP contribution in [0.3, 0.4) is 0 Å². The van der Waals surface area contributed by atoms with Crippen LogP contribution in [0.4, 0.5) is 5.69 Å². The van der Waals surface area contributed by atoms with Gasteiger partial charge in [0.15, 0.2) is 0 Å². The van der Waals surface area contributed by atoms with Crippen molar-refractivity contribution in [1.82, 2.24) is 0 Å². The molecule has 1 rings (SSSR count). The third kappa shape index (κ3) is 2.91. The van der Waals surface area contributed by atoms with Crippen molar-refractivity contribution in [3.63, 3.8) is 0 Å². The molecule has 0 aliphatic rings. The predicted molar refractivity (Wildman–Crippen MR) is 70.8 cm³/mol. The fraction of sp³-hybridized carbons (Fsp3) is 0.462. The minimum absolute atomic E-state index is 0.518. The van der Waals surface area contributed by atoms with Crippen molar-refractivity contribution in [3.8, 4) is 0 Å². The molecule has 0 aromatic heterocycles. The molecule has 0 saturated carbocycles. The molecular weight excluding hydrogens is 238 g/mol. The molecule has 0 atom stereocenters. The van der Waals surface area contributed by atoms with Gasteiger partial charge in [0.1, 0.15) is 5.54 Å². The standard InChI is InChI=1S/C13H18ClNO2/c1-4-13(5-2,12(16)17)15-10-7-6-9(3)11(14)8-10/h6-8,15H,4-5H2,1-3H3,(H,16,17). The van der Waals surface area contributed by atoms with Gasteiger partial charge in [-0.2, -0.15) is 0 Å². The lowest BCUT2D eigenvalue weighted by Crippen LogP contribution is -2.45. The number of hydrogen-bond acceptors (Lipinski definition) is 2. The molecule has 0 unspecified atom stereocenters. The molecule has 4 heteroatoms. The highest BCUT2D eigenvalue weighted by Crippen LogP contribution is 2.26. The van der Waals surface area contributed by atoms with Gasteiger partial charge in [0.2, 0.25) is 0 Å². The van der Waals surface area contributed by atoms with Crippen molar-refractivity contribution in [3.05, 3.63) is 28.8 Å². The van der Waals surface area contributed by atoms with Crippen LogP contribution < -0.4 is 5.32 Å². The Morgan fingerprint density at radius 3 is 2.41 bits per heavy atom. The molecule has 0 saturated heterocycles. The summed E-state index contributed by atoms with van der Waals surface area (Å²) in [6, 6.07) is 5.49. The van der Waals surface area contributed by atoms with Crippen LogP contribution in [-0.4, -0.2) is 16.6 Å². The van der Waals surface area contributed by atoms with Crippen molar-refractivity contribution in [2.75, 3.05) is 5.32 Å². The minimum atomic E-state index is -0.918. The van der Waals surface area contributed by atoms with Crippen LogP contribution in [0.15, 0.2) is 18.2 Å². The average molecular weight is 256 g/mol. The number of anilines is 1. The quantitative estimate of drug-likeness (QED) is 0.843. The number of aryl methyl sites for hydroxylation is 1. The second-order valence-electron chi connectivity index (χ2n) is 4.18. The Morgan fingerprint density at radius 2 is 2.00 bits per heavy atom. The Hall–Kier alpha value is -1.22. The molecule has 0 radical (unpaired) electrons. The summed E-state index contributed by atoms with van der Waals surface area (Å²) in [7, 11) is 0. The smallest absolute Gasteiger partial charge is 0.329 e. The summed E-state index contributed by atoms with van der Waals surface area (Å²) >= 11 is 6.02. The normalized spacial score (nSPS) is 11.3. The molecule has 2 N–H and O–H groups in total. The van der Waals surface area contributed by atoms with Gasteiger partial charge >= 0.3 is 5.97 Å². The van der Waals surface area contributed by atoms with Crippen LogP contribution in [0.2, 0.25) is 5.02 Å². The van der Waals surface area contributed by atoms with Crippen molar-refractivity contribution in [1.29, 1.82) is 0 Å². The zero-order chi connectivity index (χ0) is 13.1. The van der Waals surface area contributed by atoms with Gasteiger partial charge in [-0.25, -0.2) is 4.79 Å². The number of aliphatic carboxylic acids is 1. The van der Waals surface area contributed by atoms with E-state index in [1.165, 1.54) is 0 Å². The fourth-order valence-corrected chi connectivity index (χ4v) is 1.91. The van der Waals surface area contributed by atoms with E-state index in [1.54, 1.807) is 6.07 Å². The van der Waals surface area contributed by atoms with Crippen molar-refractivity contribution in [2.24, 2.45) is 0 Å². The highest BCUT2D eigenvalue weighted by atomic mass is 35.5. The number of nitrogens with one attached hydrogen (secondary N) is 1. The highest BCUT2D eigenvalue weighted by molar-refractivity contribution is 6.31. The number of carbonyl (C=O) groups is 1. The van der Waals surface area contributed by atoms with Crippen LogP contribution in [-0.2, 0) is 4.79 Å². The summed E-state index contributed by atoms with van der Waals surface area (Å²) in [6.45, 7) is 5.64. The Morgan fingerprint density at radius 1 is 1.41 bits per heavy atom. The maximum atomic E-state index is 11.3. The van der Waals surface area contributed by atoms with E-state index in [0.717, 1.165) is 11.3 Å². The summed E-state index contributed by atoms with van der Waals surface area (Å²) in [6.07, 6.45) is 1.04. The monoisotopic (exact) mass is 255 g/mol. The van der Waals surface area contributed by atoms with E-state index in [4.69, 9.17) is 11.6 Å². The molecule has 0 bridgehead atoms. The maximum Gasteiger partial charge on any atom is 0.329 e. The van der Waals surface area contributed by atoms with E-state index in [9.17, 15) is 9.90 Å². The van der Waals surface area contributed by atoms with Gasteiger partial charge in [0.05, 0.1) is 0 Å². The molecule has 0 aliphatic heterocycles. The SMILES string of the molecule is CCC(CC)(Nc1ccc(C)c(Cl)c1)C(=O)O. The number of benzene rings is 1. The van der Waals surface area contributed by atoms with E-state index in [1.807, 2.05) is 32.9 Å². The van der Waals surface area contributed by atoms with Gasteiger partial charge in [0, 0.05) is 10.7 Å². The molecule has 0 heterocycles. The number of rotatable bonds is 5. The van der Waals surface area contributed by atoms with Crippen molar-refractivity contribution >= 4 is 23.3 Å². The Balaban J connectivity index is 3.01. The lowest BCUT2D eigenvalue weighted by Gasteiger charge is -2.29. The number of halogens is 1. The second-order valence-corrected chi connectivity index (χ2v) is 4.59. The van der Waals surface area contributed by atoms with E-state index >= 15 is 0 Å². The molecule has 3 nitrogen and oxygen atoms in total. The zero-order valence-corrected chi connectivity index (χ0v) is 11.1. The number of carboxylic acids is 1. The molecule has 1 aromatic carbocycles. The Bertz CT molecular complexity index is 414. The van der Waals surface area contributed by atoms with Gasteiger partial charge in [0.25, 0.3) is 0 Å². The predicted octanol–water partition coefficient (Wildman–Crippen LogP) is 3.70. The van der Waals surface area contributed by atoms with Gasteiger partial charge < -0.3 is 10.4 Å². The van der Waals surface area contributed by atoms with Gasteiger partial charge in [-0.15, -0.1) is 0 Å². The maximum absolute atomic E-state index is 11.3. The van der Waals surface area contributed by atoms with Crippen LogP contribution in [0.25, 0.3) is 0 Å². The summed E-state index contributed by atoms with van der Waals surface area (Å²) < 4.78 is 0. The lowest BCUT2D eigenvalue weighted by atomic mass is 9.92. The first-order chi connectivity index (χ1) is 7.95. The topological polar surface area (TPSA) is 49.3 Å². The van der Waals surface area contributed by atoms with Crippen LogP contribution in [0.5, 0.6) is 0 Å². The molecule has 94 valence electrons. The summed E-state index contributed by atoms with van der Waals surface area (Å²) in [5, 5.41) is 13.0. The lowest BCUT2D eigenvalue weighted by molar-refractivity contribution is -0.142. The van der Waals surface area contributed by atoms with Gasteiger partial charge in [-0.1, -0.05) is 31.5 Å². The van der Waals surface area contributed by atoms with Gasteiger partial charge in [-0.05, 0) is 37.5 Å². The first-order valence-electron chi connectivity index (χ1n) is 5.73. The molecule has 17 heavy (non-hydrogen) atoms. The average Bonchev–Trinajstić information content (AvgIpc) is 2.30. The van der Waals surface area contributed by atoms with E-state index in [-0.39, 0.29) is 0 Å². The van der Waals surface area contributed by atoms with Crippen LogP contribution >= 0.6 is 11.6 Å². The Labute approximate surface area is 107 Å². The summed E-state index contributed by atoms with van der Waals surface area (Å²) in [4.78, 5) is 11.3. The molecule has 0 aliphatic carbocycles.